The van der Waals surface area contributed by atoms with Gasteiger partial charge in [0.25, 0.3) is 0 Å². The molecule has 1 fully saturated rings. The normalized spacial score (nSPS) is 21.0. The summed E-state index contributed by atoms with van der Waals surface area (Å²) in [6, 6.07) is 10.4. The van der Waals surface area contributed by atoms with E-state index in [4.69, 9.17) is 4.74 Å². The van der Waals surface area contributed by atoms with E-state index in [9.17, 15) is 0 Å². The fourth-order valence-electron chi connectivity index (χ4n) is 2.15. The van der Waals surface area contributed by atoms with Gasteiger partial charge in [0.05, 0.1) is 6.61 Å². The summed E-state index contributed by atoms with van der Waals surface area (Å²) < 4.78 is 5.66. The monoisotopic (exact) mass is 245 g/mol. The minimum Gasteiger partial charge on any atom is -0.367 e. The molecule has 0 saturated carbocycles. The van der Waals surface area contributed by atoms with Crippen molar-refractivity contribution in [3.63, 3.8) is 0 Å². The summed E-state index contributed by atoms with van der Waals surface area (Å²) in [4.78, 5) is 2.35. The number of tetrazole rings is 1. The average molecular weight is 245 g/mol. The van der Waals surface area contributed by atoms with Crippen molar-refractivity contribution in [1.29, 1.82) is 0 Å². The van der Waals surface area contributed by atoms with Crippen molar-refractivity contribution in [3.8, 4) is 0 Å². The van der Waals surface area contributed by atoms with Crippen LogP contribution in [0.3, 0.4) is 0 Å². The zero-order valence-electron chi connectivity index (χ0n) is 9.99. The number of H-pyrrole nitrogens is 1. The highest BCUT2D eigenvalue weighted by atomic mass is 16.5. The Morgan fingerprint density at radius 1 is 1.33 bits per heavy atom. The number of hydrogen-bond acceptors (Lipinski definition) is 5. The summed E-state index contributed by atoms with van der Waals surface area (Å²) in [6.45, 7) is 3.36. The third-order valence-electron chi connectivity index (χ3n) is 3.05. The highest BCUT2D eigenvalue weighted by molar-refractivity contribution is 5.14. The van der Waals surface area contributed by atoms with Crippen molar-refractivity contribution in [2.75, 3.05) is 19.7 Å². The van der Waals surface area contributed by atoms with Crippen molar-refractivity contribution < 1.29 is 4.74 Å². The van der Waals surface area contributed by atoms with Crippen LogP contribution in [0.2, 0.25) is 0 Å². The first-order valence-corrected chi connectivity index (χ1v) is 6.03. The predicted octanol–water partition coefficient (Wildman–Crippen LogP) is 0.773. The average Bonchev–Trinajstić information content (AvgIpc) is 2.94. The first-order chi connectivity index (χ1) is 8.92. The summed E-state index contributed by atoms with van der Waals surface area (Å²) in [7, 11) is 0. The molecule has 18 heavy (non-hydrogen) atoms. The Morgan fingerprint density at radius 2 is 2.22 bits per heavy atom. The molecule has 0 aliphatic carbocycles. The highest BCUT2D eigenvalue weighted by Crippen LogP contribution is 2.19. The van der Waals surface area contributed by atoms with Crippen LogP contribution < -0.4 is 0 Å². The Bertz CT molecular complexity index is 472. The van der Waals surface area contributed by atoms with Crippen LogP contribution in [0.1, 0.15) is 17.5 Å². The Kier molecular flexibility index (Phi) is 3.29. The van der Waals surface area contributed by atoms with Gasteiger partial charge < -0.3 is 4.74 Å². The van der Waals surface area contributed by atoms with Crippen LogP contribution in [-0.2, 0) is 11.3 Å². The van der Waals surface area contributed by atoms with E-state index in [1.807, 2.05) is 6.07 Å². The number of nitrogens with zero attached hydrogens (tertiary/aromatic N) is 4. The smallest absolute Gasteiger partial charge is 0.204 e. The van der Waals surface area contributed by atoms with Crippen molar-refractivity contribution in [1.82, 2.24) is 25.5 Å². The number of rotatable bonds is 3. The summed E-state index contributed by atoms with van der Waals surface area (Å²) in [5.74, 6) is 0.632. The Balaban J connectivity index is 1.64. The molecule has 1 atom stereocenters. The number of hydrogen-bond donors (Lipinski definition) is 1. The molecule has 0 amide bonds. The zero-order valence-corrected chi connectivity index (χ0v) is 9.99. The molecule has 94 valence electrons. The maximum absolute atomic E-state index is 5.66. The van der Waals surface area contributed by atoms with Gasteiger partial charge >= 0.3 is 0 Å². The number of aromatic amines is 1. The molecule has 2 heterocycles. The molecule has 1 unspecified atom stereocenters. The fraction of sp³-hybridized carbons (Fsp3) is 0.417. The molecular formula is C12H15N5O. The lowest BCUT2D eigenvalue weighted by Gasteiger charge is -2.31. The lowest BCUT2D eigenvalue weighted by Crippen LogP contribution is -2.38. The van der Waals surface area contributed by atoms with Crippen molar-refractivity contribution >= 4 is 0 Å². The number of nitrogens with one attached hydrogen (secondary N) is 1. The van der Waals surface area contributed by atoms with Gasteiger partial charge in [-0.25, -0.2) is 0 Å². The maximum atomic E-state index is 5.66. The summed E-state index contributed by atoms with van der Waals surface area (Å²) in [5.41, 5.74) is 1.31. The van der Waals surface area contributed by atoms with E-state index in [2.05, 4.69) is 49.8 Å². The minimum absolute atomic E-state index is 0.0822. The van der Waals surface area contributed by atoms with E-state index in [0.29, 0.717) is 12.4 Å². The van der Waals surface area contributed by atoms with Crippen LogP contribution in [0.15, 0.2) is 30.3 Å². The van der Waals surface area contributed by atoms with Gasteiger partial charge in [-0.2, -0.15) is 5.21 Å². The molecular weight excluding hydrogens is 230 g/mol. The molecule has 0 bridgehead atoms. The minimum atomic E-state index is -0.0822. The third kappa shape index (κ3) is 2.55. The molecule has 1 aliphatic rings. The SMILES string of the molecule is c1ccc(CN2CCOC(c3nn[nH]n3)C2)cc1. The molecule has 0 spiro atoms. The van der Waals surface area contributed by atoms with Crippen molar-refractivity contribution in [3.05, 3.63) is 41.7 Å². The molecule has 1 aromatic heterocycles. The number of ether oxygens (including phenoxy) is 1. The molecule has 1 N–H and O–H groups in total. The van der Waals surface area contributed by atoms with Crippen molar-refractivity contribution in [2.45, 2.75) is 12.6 Å². The van der Waals surface area contributed by atoms with Crippen LogP contribution in [0.25, 0.3) is 0 Å². The van der Waals surface area contributed by atoms with Crippen LogP contribution in [0, 0.1) is 0 Å². The van der Waals surface area contributed by atoms with E-state index >= 15 is 0 Å². The van der Waals surface area contributed by atoms with E-state index < -0.39 is 0 Å². The molecule has 0 radical (unpaired) electrons. The molecule has 1 aliphatic heterocycles. The van der Waals surface area contributed by atoms with Crippen LogP contribution in [0.4, 0.5) is 0 Å². The lowest BCUT2D eigenvalue weighted by molar-refractivity contribution is -0.0372. The maximum Gasteiger partial charge on any atom is 0.204 e. The number of aromatic nitrogens is 4. The Labute approximate surface area is 105 Å². The summed E-state index contributed by atoms with van der Waals surface area (Å²) in [6.07, 6.45) is -0.0822. The molecule has 2 aromatic rings. The quantitative estimate of drug-likeness (QED) is 0.865. The van der Waals surface area contributed by atoms with Crippen LogP contribution >= 0.6 is 0 Å². The summed E-state index contributed by atoms with van der Waals surface area (Å²) >= 11 is 0. The standard InChI is InChI=1S/C12H15N5O/c1-2-4-10(5-3-1)8-17-6-7-18-11(9-17)12-13-15-16-14-12/h1-5,11H,6-9H2,(H,13,14,15,16). The largest absolute Gasteiger partial charge is 0.367 e. The van der Waals surface area contributed by atoms with Gasteiger partial charge in [0.2, 0.25) is 5.82 Å². The number of morpholine rings is 1. The zero-order chi connectivity index (χ0) is 12.2. The molecule has 6 nitrogen and oxygen atoms in total. The number of benzene rings is 1. The fourth-order valence-corrected chi connectivity index (χ4v) is 2.15. The second kappa shape index (κ2) is 5.24. The third-order valence-corrected chi connectivity index (χ3v) is 3.05. The Morgan fingerprint density at radius 3 is 3.00 bits per heavy atom. The lowest BCUT2D eigenvalue weighted by atomic mass is 10.2. The highest BCUT2D eigenvalue weighted by Gasteiger charge is 2.24. The van der Waals surface area contributed by atoms with Crippen LogP contribution in [0.5, 0.6) is 0 Å². The molecule has 3 rings (SSSR count). The predicted molar refractivity (Wildman–Crippen MR) is 64.6 cm³/mol. The summed E-state index contributed by atoms with van der Waals surface area (Å²) in [5, 5.41) is 14.0. The second-order valence-corrected chi connectivity index (χ2v) is 4.35. The van der Waals surface area contributed by atoms with Gasteiger partial charge in [-0.3, -0.25) is 4.90 Å². The van der Waals surface area contributed by atoms with Gasteiger partial charge in [-0.1, -0.05) is 35.5 Å². The molecule has 6 heteroatoms. The topological polar surface area (TPSA) is 66.9 Å². The van der Waals surface area contributed by atoms with E-state index in [1.54, 1.807) is 0 Å². The van der Waals surface area contributed by atoms with Gasteiger partial charge in [0.15, 0.2) is 0 Å². The van der Waals surface area contributed by atoms with E-state index in [1.165, 1.54) is 5.56 Å². The van der Waals surface area contributed by atoms with Crippen LogP contribution in [-0.4, -0.2) is 45.2 Å². The van der Waals surface area contributed by atoms with Gasteiger partial charge in [-0.15, -0.1) is 10.2 Å². The van der Waals surface area contributed by atoms with Crippen molar-refractivity contribution in [2.24, 2.45) is 0 Å². The first-order valence-electron chi connectivity index (χ1n) is 6.03. The van der Waals surface area contributed by atoms with Gasteiger partial charge in [0.1, 0.15) is 6.10 Å². The first kappa shape index (κ1) is 11.3. The van der Waals surface area contributed by atoms with E-state index in [-0.39, 0.29) is 6.10 Å². The Hall–Kier alpha value is -1.79. The second-order valence-electron chi connectivity index (χ2n) is 4.35. The van der Waals surface area contributed by atoms with Gasteiger partial charge in [0, 0.05) is 19.6 Å². The molecule has 1 saturated heterocycles. The molecule has 1 aromatic carbocycles. The van der Waals surface area contributed by atoms with Gasteiger partial charge in [-0.05, 0) is 5.56 Å². The van der Waals surface area contributed by atoms with E-state index in [0.717, 1.165) is 19.6 Å².